The van der Waals surface area contributed by atoms with Crippen LogP contribution >= 0.6 is 0 Å². The molecule has 2 rings (SSSR count). The van der Waals surface area contributed by atoms with Crippen LogP contribution in [0.3, 0.4) is 0 Å². The molecular weight excluding hydrogens is 254 g/mol. The van der Waals surface area contributed by atoms with E-state index in [9.17, 15) is 9.90 Å². The minimum Gasteiger partial charge on any atom is -0.392 e. The van der Waals surface area contributed by atoms with Crippen molar-refractivity contribution < 1.29 is 9.90 Å². The van der Waals surface area contributed by atoms with Gasteiger partial charge in [0.2, 0.25) is 5.91 Å². The first kappa shape index (κ1) is 14.3. The van der Waals surface area contributed by atoms with Crippen molar-refractivity contribution >= 4 is 11.6 Å². The third kappa shape index (κ3) is 3.05. The van der Waals surface area contributed by atoms with Crippen molar-refractivity contribution in [3.8, 4) is 0 Å². The molecule has 0 spiro atoms. The van der Waals surface area contributed by atoms with E-state index in [0.717, 1.165) is 28.2 Å². The molecule has 0 aliphatic carbocycles. The third-order valence-corrected chi connectivity index (χ3v) is 3.28. The van der Waals surface area contributed by atoms with Gasteiger partial charge in [0.1, 0.15) is 6.54 Å². The lowest BCUT2D eigenvalue weighted by molar-refractivity contribution is -0.116. The zero-order valence-corrected chi connectivity index (χ0v) is 12.0. The van der Waals surface area contributed by atoms with E-state index in [1.54, 1.807) is 4.68 Å². The molecule has 0 saturated heterocycles. The molecule has 0 saturated carbocycles. The lowest BCUT2D eigenvalue weighted by atomic mass is 10.2. The van der Waals surface area contributed by atoms with Gasteiger partial charge in [0, 0.05) is 16.9 Å². The minimum absolute atomic E-state index is 0.0584. The summed E-state index contributed by atoms with van der Waals surface area (Å²) in [6, 6.07) is 7.64. The monoisotopic (exact) mass is 273 g/mol. The highest BCUT2D eigenvalue weighted by Crippen LogP contribution is 2.13. The summed E-state index contributed by atoms with van der Waals surface area (Å²) in [5.74, 6) is -0.134. The molecule has 20 heavy (non-hydrogen) atoms. The highest BCUT2D eigenvalue weighted by atomic mass is 16.3. The number of hydrogen-bond donors (Lipinski definition) is 2. The van der Waals surface area contributed by atoms with E-state index in [1.807, 2.05) is 45.0 Å². The zero-order valence-electron chi connectivity index (χ0n) is 12.0. The molecule has 0 unspecified atom stereocenters. The Bertz CT molecular complexity index is 632. The molecule has 0 radical (unpaired) electrons. The SMILES string of the molecule is Cc1cccc(NC(=O)Cn2nc(C)c(CO)c2C)c1. The Morgan fingerprint density at radius 3 is 2.70 bits per heavy atom. The van der Waals surface area contributed by atoms with Crippen LogP contribution in [0, 0.1) is 20.8 Å². The third-order valence-electron chi connectivity index (χ3n) is 3.28. The number of nitrogens with zero attached hydrogens (tertiary/aromatic N) is 2. The van der Waals surface area contributed by atoms with Crippen molar-refractivity contribution in [1.29, 1.82) is 0 Å². The number of carbonyl (C=O) groups excluding carboxylic acids is 1. The van der Waals surface area contributed by atoms with Gasteiger partial charge in [0.25, 0.3) is 0 Å². The van der Waals surface area contributed by atoms with Gasteiger partial charge in [-0.15, -0.1) is 0 Å². The number of anilines is 1. The first-order chi connectivity index (χ1) is 9.51. The summed E-state index contributed by atoms with van der Waals surface area (Å²) in [6.45, 7) is 5.74. The fourth-order valence-corrected chi connectivity index (χ4v) is 2.18. The molecule has 5 nitrogen and oxygen atoms in total. The molecule has 1 amide bonds. The number of rotatable bonds is 4. The molecule has 0 fully saturated rings. The van der Waals surface area contributed by atoms with Gasteiger partial charge >= 0.3 is 0 Å². The maximum atomic E-state index is 12.0. The van der Waals surface area contributed by atoms with Crippen molar-refractivity contribution in [2.45, 2.75) is 33.9 Å². The Morgan fingerprint density at radius 2 is 2.10 bits per heavy atom. The summed E-state index contributed by atoms with van der Waals surface area (Å²) in [4.78, 5) is 12.0. The molecule has 2 aromatic rings. The van der Waals surface area contributed by atoms with E-state index in [2.05, 4.69) is 10.4 Å². The molecule has 2 N–H and O–H groups in total. The largest absolute Gasteiger partial charge is 0.392 e. The van der Waals surface area contributed by atoms with Gasteiger partial charge < -0.3 is 10.4 Å². The molecular formula is C15H19N3O2. The van der Waals surface area contributed by atoms with Crippen molar-refractivity contribution in [2.24, 2.45) is 0 Å². The van der Waals surface area contributed by atoms with E-state index >= 15 is 0 Å². The number of benzene rings is 1. The van der Waals surface area contributed by atoms with Crippen LogP contribution in [0.5, 0.6) is 0 Å². The molecule has 1 heterocycles. The highest BCUT2D eigenvalue weighted by molar-refractivity contribution is 5.90. The summed E-state index contributed by atoms with van der Waals surface area (Å²) < 4.78 is 1.62. The second-order valence-corrected chi connectivity index (χ2v) is 4.88. The summed E-state index contributed by atoms with van der Waals surface area (Å²) >= 11 is 0. The van der Waals surface area contributed by atoms with Gasteiger partial charge in [-0.2, -0.15) is 5.10 Å². The van der Waals surface area contributed by atoms with Gasteiger partial charge in [0.05, 0.1) is 12.3 Å². The molecule has 0 atom stereocenters. The van der Waals surface area contributed by atoms with Gasteiger partial charge in [-0.1, -0.05) is 12.1 Å². The van der Waals surface area contributed by atoms with Crippen molar-refractivity contribution in [1.82, 2.24) is 9.78 Å². The van der Waals surface area contributed by atoms with Crippen LogP contribution < -0.4 is 5.32 Å². The fourth-order valence-electron chi connectivity index (χ4n) is 2.18. The molecule has 1 aromatic carbocycles. The van der Waals surface area contributed by atoms with Crippen LogP contribution in [0.4, 0.5) is 5.69 Å². The van der Waals surface area contributed by atoms with E-state index in [1.165, 1.54) is 0 Å². The van der Waals surface area contributed by atoms with E-state index in [4.69, 9.17) is 0 Å². The lowest BCUT2D eigenvalue weighted by Crippen LogP contribution is -2.20. The van der Waals surface area contributed by atoms with Crippen LogP contribution in [0.1, 0.15) is 22.5 Å². The summed E-state index contributed by atoms with van der Waals surface area (Å²) in [6.07, 6.45) is 0. The van der Waals surface area contributed by atoms with E-state index in [0.29, 0.717) is 0 Å². The Balaban J connectivity index is 2.09. The topological polar surface area (TPSA) is 67.2 Å². The summed E-state index contributed by atoms with van der Waals surface area (Å²) in [5.41, 5.74) is 4.24. The fraction of sp³-hybridized carbons (Fsp3) is 0.333. The number of aliphatic hydroxyl groups excluding tert-OH is 1. The van der Waals surface area contributed by atoms with Crippen molar-refractivity contribution in [2.75, 3.05) is 5.32 Å². The second kappa shape index (κ2) is 5.88. The van der Waals surface area contributed by atoms with Crippen LogP contribution in [-0.4, -0.2) is 20.8 Å². The van der Waals surface area contributed by atoms with Gasteiger partial charge in [-0.05, 0) is 38.5 Å². The predicted octanol–water partition coefficient (Wildman–Crippen LogP) is 1.94. The Morgan fingerprint density at radius 1 is 1.35 bits per heavy atom. The first-order valence-corrected chi connectivity index (χ1v) is 6.51. The number of aliphatic hydroxyl groups is 1. The van der Waals surface area contributed by atoms with Crippen molar-refractivity contribution in [3.63, 3.8) is 0 Å². The van der Waals surface area contributed by atoms with Crippen LogP contribution in [0.2, 0.25) is 0 Å². The normalized spacial score (nSPS) is 10.6. The van der Waals surface area contributed by atoms with Gasteiger partial charge in [0.15, 0.2) is 0 Å². The summed E-state index contributed by atoms with van der Waals surface area (Å²) in [7, 11) is 0. The van der Waals surface area contributed by atoms with E-state index < -0.39 is 0 Å². The Hall–Kier alpha value is -2.14. The van der Waals surface area contributed by atoms with E-state index in [-0.39, 0.29) is 19.1 Å². The van der Waals surface area contributed by atoms with Gasteiger partial charge in [-0.25, -0.2) is 0 Å². The number of nitrogens with one attached hydrogen (secondary N) is 1. The quantitative estimate of drug-likeness (QED) is 0.894. The highest BCUT2D eigenvalue weighted by Gasteiger charge is 2.13. The number of hydrogen-bond acceptors (Lipinski definition) is 3. The average molecular weight is 273 g/mol. The van der Waals surface area contributed by atoms with Crippen LogP contribution in [0.25, 0.3) is 0 Å². The Kier molecular flexibility index (Phi) is 4.20. The predicted molar refractivity (Wildman–Crippen MR) is 77.4 cm³/mol. The number of amides is 1. The van der Waals surface area contributed by atoms with Crippen molar-refractivity contribution in [3.05, 3.63) is 46.8 Å². The Labute approximate surface area is 118 Å². The average Bonchev–Trinajstić information content (AvgIpc) is 2.63. The standard InChI is InChI=1S/C15H19N3O2/c1-10-5-4-6-13(7-10)16-15(20)8-18-12(3)14(9-19)11(2)17-18/h4-7,19H,8-9H2,1-3H3,(H,16,20). The molecule has 106 valence electrons. The lowest BCUT2D eigenvalue weighted by Gasteiger charge is -2.07. The molecule has 5 heteroatoms. The smallest absolute Gasteiger partial charge is 0.246 e. The number of carbonyl (C=O) groups is 1. The minimum atomic E-state index is -0.134. The van der Waals surface area contributed by atoms with Gasteiger partial charge in [-0.3, -0.25) is 9.48 Å². The number of aromatic nitrogens is 2. The zero-order chi connectivity index (χ0) is 14.7. The molecule has 0 aliphatic heterocycles. The van der Waals surface area contributed by atoms with Crippen LogP contribution in [0.15, 0.2) is 24.3 Å². The molecule has 1 aromatic heterocycles. The molecule has 0 aliphatic rings. The molecule has 0 bridgehead atoms. The number of aryl methyl sites for hydroxylation is 2. The maximum absolute atomic E-state index is 12.0. The maximum Gasteiger partial charge on any atom is 0.246 e. The summed E-state index contributed by atoms with van der Waals surface area (Å²) in [5, 5.41) is 16.4. The van der Waals surface area contributed by atoms with Crippen LogP contribution in [-0.2, 0) is 17.9 Å². The second-order valence-electron chi connectivity index (χ2n) is 4.88. The first-order valence-electron chi connectivity index (χ1n) is 6.51.